The number of carboxylic acids is 2. The summed E-state index contributed by atoms with van der Waals surface area (Å²) in [4.78, 5) is 24.1. The van der Waals surface area contributed by atoms with Gasteiger partial charge in [0.1, 0.15) is 11.9 Å². The molecule has 0 aliphatic carbocycles. The molecule has 0 spiro atoms. The van der Waals surface area contributed by atoms with E-state index in [0.717, 1.165) is 0 Å². The number of hydrogen-bond donors (Lipinski definition) is 2. The molecule has 1 fully saturated rings. The first-order valence-electron chi connectivity index (χ1n) is 6.44. The third kappa shape index (κ3) is 3.14. The van der Waals surface area contributed by atoms with Crippen molar-refractivity contribution in [1.29, 1.82) is 0 Å². The highest BCUT2D eigenvalue weighted by Gasteiger charge is 2.32. The van der Waals surface area contributed by atoms with Gasteiger partial charge in [-0.2, -0.15) is 0 Å². The van der Waals surface area contributed by atoms with Crippen LogP contribution in [0.1, 0.15) is 24.4 Å². The van der Waals surface area contributed by atoms with Crippen molar-refractivity contribution in [3.8, 4) is 0 Å². The van der Waals surface area contributed by atoms with E-state index in [1.165, 1.54) is 24.3 Å². The van der Waals surface area contributed by atoms with Gasteiger partial charge in [-0.3, -0.25) is 14.5 Å². The smallest absolute Gasteiger partial charge is 0.325 e. The molecule has 5 nitrogen and oxygen atoms in total. The third-order valence-corrected chi connectivity index (χ3v) is 3.66. The summed E-state index contributed by atoms with van der Waals surface area (Å²) in [5.74, 6) is -2.67. The maximum absolute atomic E-state index is 12.9. The number of carbonyl (C=O) groups is 2. The minimum Gasteiger partial charge on any atom is -0.481 e. The average molecular weight is 281 g/mol. The van der Waals surface area contributed by atoms with Gasteiger partial charge in [-0.15, -0.1) is 0 Å². The number of nitrogens with zero attached hydrogens (tertiary/aromatic N) is 1. The summed E-state index contributed by atoms with van der Waals surface area (Å²) in [5.41, 5.74) is 0.507. The summed E-state index contributed by atoms with van der Waals surface area (Å²) in [5, 5.41) is 18.3. The zero-order valence-corrected chi connectivity index (χ0v) is 10.8. The molecule has 0 amide bonds. The molecule has 1 aliphatic heterocycles. The van der Waals surface area contributed by atoms with Gasteiger partial charge < -0.3 is 10.2 Å². The van der Waals surface area contributed by atoms with Crippen molar-refractivity contribution in [2.24, 2.45) is 5.92 Å². The Morgan fingerprint density at radius 3 is 2.15 bits per heavy atom. The maximum atomic E-state index is 12.9. The minimum absolute atomic E-state index is 0.408. The number of aliphatic carboxylic acids is 2. The lowest BCUT2D eigenvalue weighted by atomic mass is 9.94. The largest absolute Gasteiger partial charge is 0.481 e. The molecular weight excluding hydrogens is 265 g/mol. The second-order valence-electron chi connectivity index (χ2n) is 4.94. The van der Waals surface area contributed by atoms with Crippen molar-refractivity contribution in [3.63, 3.8) is 0 Å². The van der Waals surface area contributed by atoms with Crippen LogP contribution in [0.15, 0.2) is 24.3 Å². The Balaban J connectivity index is 2.12. The standard InChI is InChI=1S/C14H16FNO4/c15-11-3-1-9(2-4-11)12(14(19)20)16-7-5-10(6-8-16)13(17)18/h1-4,10,12H,5-8H2,(H,17,18)(H,19,20). The molecule has 6 heteroatoms. The van der Waals surface area contributed by atoms with E-state index in [0.29, 0.717) is 31.5 Å². The van der Waals surface area contributed by atoms with Crippen molar-refractivity contribution in [2.75, 3.05) is 13.1 Å². The molecule has 108 valence electrons. The van der Waals surface area contributed by atoms with Crippen LogP contribution in [0.5, 0.6) is 0 Å². The van der Waals surface area contributed by atoms with Crippen LogP contribution in [0.25, 0.3) is 0 Å². The Kier molecular flexibility index (Phi) is 4.34. The zero-order valence-electron chi connectivity index (χ0n) is 10.8. The Morgan fingerprint density at radius 2 is 1.70 bits per heavy atom. The normalized spacial score (nSPS) is 18.6. The van der Waals surface area contributed by atoms with Gasteiger partial charge in [-0.1, -0.05) is 12.1 Å². The first-order valence-corrected chi connectivity index (χ1v) is 6.44. The molecule has 2 N–H and O–H groups in total. The van der Waals surface area contributed by atoms with E-state index in [1.807, 2.05) is 0 Å². The highest BCUT2D eigenvalue weighted by atomic mass is 19.1. The van der Waals surface area contributed by atoms with E-state index >= 15 is 0 Å². The topological polar surface area (TPSA) is 77.8 Å². The number of carboxylic acid groups (broad SMARTS) is 2. The first-order chi connectivity index (χ1) is 9.49. The molecule has 0 radical (unpaired) electrons. The van der Waals surface area contributed by atoms with Crippen molar-refractivity contribution in [3.05, 3.63) is 35.6 Å². The second-order valence-corrected chi connectivity index (χ2v) is 4.94. The summed E-state index contributed by atoms with van der Waals surface area (Å²) >= 11 is 0. The summed E-state index contributed by atoms with van der Waals surface area (Å²) in [7, 11) is 0. The van der Waals surface area contributed by atoms with Crippen LogP contribution in [0.4, 0.5) is 4.39 Å². The van der Waals surface area contributed by atoms with E-state index in [9.17, 15) is 19.1 Å². The average Bonchev–Trinajstić information content (AvgIpc) is 2.41. The van der Waals surface area contributed by atoms with E-state index in [4.69, 9.17) is 5.11 Å². The van der Waals surface area contributed by atoms with Gasteiger partial charge in [0.15, 0.2) is 0 Å². The molecule has 1 aromatic carbocycles. The lowest BCUT2D eigenvalue weighted by molar-refractivity contribution is -0.146. The molecule has 0 aromatic heterocycles. The van der Waals surface area contributed by atoms with Crippen LogP contribution in [0.3, 0.4) is 0 Å². The number of halogens is 1. The molecule has 20 heavy (non-hydrogen) atoms. The Morgan fingerprint density at radius 1 is 1.15 bits per heavy atom. The fourth-order valence-electron chi connectivity index (χ4n) is 2.56. The Bertz CT molecular complexity index is 494. The summed E-state index contributed by atoms with van der Waals surface area (Å²) in [6.07, 6.45) is 0.862. The van der Waals surface area contributed by atoms with Gasteiger partial charge in [0.2, 0.25) is 0 Å². The van der Waals surface area contributed by atoms with Crippen LogP contribution in [0, 0.1) is 11.7 Å². The number of hydrogen-bond acceptors (Lipinski definition) is 3. The number of benzene rings is 1. The summed E-state index contributed by atoms with van der Waals surface area (Å²) in [6, 6.07) is 4.52. The van der Waals surface area contributed by atoms with Crippen LogP contribution >= 0.6 is 0 Å². The van der Waals surface area contributed by atoms with Crippen LogP contribution < -0.4 is 0 Å². The molecule has 1 saturated heterocycles. The third-order valence-electron chi connectivity index (χ3n) is 3.66. The van der Waals surface area contributed by atoms with Gasteiger partial charge >= 0.3 is 11.9 Å². The SMILES string of the molecule is O=C(O)C1CCN(C(C(=O)O)c2ccc(F)cc2)CC1. The van der Waals surface area contributed by atoms with Gasteiger partial charge in [-0.05, 0) is 30.5 Å². The zero-order chi connectivity index (χ0) is 14.7. The van der Waals surface area contributed by atoms with Gasteiger partial charge in [0.25, 0.3) is 0 Å². The number of rotatable bonds is 4. The highest BCUT2D eigenvalue weighted by Crippen LogP contribution is 2.27. The Labute approximate surface area is 115 Å². The molecular formula is C14H16FNO4. The molecule has 1 heterocycles. The quantitative estimate of drug-likeness (QED) is 0.879. The number of likely N-dealkylation sites (tertiary alicyclic amines) is 1. The minimum atomic E-state index is -1.01. The molecule has 2 rings (SSSR count). The lowest BCUT2D eigenvalue weighted by Crippen LogP contribution is -2.41. The monoisotopic (exact) mass is 281 g/mol. The molecule has 1 atom stereocenters. The molecule has 0 bridgehead atoms. The lowest BCUT2D eigenvalue weighted by Gasteiger charge is -2.34. The maximum Gasteiger partial charge on any atom is 0.325 e. The summed E-state index contributed by atoms with van der Waals surface area (Å²) in [6.45, 7) is 0.816. The van der Waals surface area contributed by atoms with Crippen molar-refractivity contribution >= 4 is 11.9 Å². The van der Waals surface area contributed by atoms with Crippen molar-refractivity contribution in [2.45, 2.75) is 18.9 Å². The van der Waals surface area contributed by atoms with Crippen molar-refractivity contribution in [1.82, 2.24) is 4.90 Å². The van der Waals surface area contributed by atoms with E-state index in [2.05, 4.69) is 0 Å². The van der Waals surface area contributed by atoms with Crippen LogP contribution in [0.2, 0.25) is 0 Å². The van der Waals surface area contributed by atoms with Gasteiger partial charge in [0.05, 0.1) is 5.92 Å². The van der Waals surface area contributed by atoms with Gasteiger partial charge in [0, 0.05) is 13.1 Å². The predicted octanol–water partition coefficient (Wildman–Crippen LogP) is 1.75. The molecule has 1 unspecified atom stereocenters. The van der Waals surface area contributed by atoms with Crippen LogP contribution in [-0.4, -0.2) is 40.1 Å². The molecule has 1 aromatic rings. The fraction of sp³-hybridized carbons (Fsp3) is 0.429. The van der Waals surface area contributed by atoms with E-state index < -0.39 is 29.7 Å². The molecule has 0 saturated carbocycles. The van der Waals surface area contributed by atoms with Crippen LogP contribution in [-0.2, 0) is 9.59 Å². The fourth-order valence-corrected chi connectivity index (χ4v) is 2.56. The van der Waals surface area contributed by atoms with Crippen molar-refractivity contribution < 1.29 is 24.2 Å². The first kappa shape index (κ1) is 14.5. The summed E-state index contributed by atoms with van der Waals surface area (Å²) < 4.78 is 12.9. The Hall–Kier alpha value is -1.95. The van der Waals surface area contributed by atoms with Gasteiger partial charge in [-0.25, -0.2) is 4.39 Å². The number of piperidine rings is 1. The predicted molar refractivity (Wildman–Crippen MR) is 68.7 cm³/mol. The second kappa shape index (κ2) is 6.00. The highest BCUT2D eigenvalue weighted by molar-refractivity contribution is 5.75. The van der Waals surface area contributed by atoms with E-state index in [-0.39, 0.29) is 0 Å². The molecule has 1 aliphatic rings. The van der Waals surface area contributed by atoms with E-state index in [1.54, 1.807) is 4.90 Å².